The molecule has 0 aliphatic heterocycles. The highest BCUT2D eigenvalue weighted by Gasteiger charge is 2.07. The van der Waals surface area contributed by atoms with Crippen molar-refractivity contribution >= 4 is 25.8 Å². The maximum atomic E-state index is 11.1. The molecule has 0 aromatic rings. The van der Waals surface area contributed by atoms with E-state index in [4.69, 9.17) is 0 Å². The van der Waals surface area contributed by atoms with Gasteiger partial charge in [-0.15, -0.1) is 0 Å². The van der Waals surface area contributed by atoms with Gasteiger partial charge in [-0.05, 0) is 18.8 Å². The van der Waals surface area contributed by atoms with Crippen LogP contribution in [0.25, 0.3) is 0 Å². The maximum absolute atomic E-state index is 11.1. The molecule has 1 atom stereocenters. The van der Waals surface area contributed by atoms with Crippen molar-refractivity contribution in [3.05, 3.63) is 0 Å². The highest BCUT2D eigenvalue weighted by molar-refractivity contribution is 9.09. The summed E-state index contributed by atoms with van der Waals surface area (Å²) < 4.78 is 22.2. The smallest absolute Gasteiger partial charge is 0.150 e. The van der Waals surface area contributed by atoms with Gasteiger partial charge >= 0.3 is 0 Å². The van der Waals surface area contributed by atoms with Crippen molar-refractivity contribution in [3.8, 4) is 0 Å². The summed E-state index contributed by atoms with van der Waals surface area (Å²) in [6.07, 6.45) is 2.95. The van der Waals surface area contributed by atoms with E-state index in [9.17, 15) is 8.42 Å². The van der Waals surface area contributed by atoms with E-state index in [-0.39, 0.29) is 5.75 Å². The predicted molar refractivity (Wildman–Crippen MR) is 61.1 cm³/mol. The number of unbranched alkanes of at least 4 members (excludes halogenated alkanes) is 1. The fourth-order valence-electron chi connectivity index (χ4n) is 1.04. The Kier molecular flexibility index (Phi) is 7.05. The van der Waals surface area contributed by atoms with Gasteiger partial charge in [0.25, 0.3) is 0 Å². The van der Waals surface area contributed by atoms with E-state index in [0.717, 1.165) is 24.6 Å². The Morgan fingerprint density at radius 3 is 2.38 bits per heavy atom. The Labute approximate surface area is 90.2 Å². The molecule has 0 aromatic heterocycles. The number of alkyl halides is 1. The molecular weight excluding hydrogens is 252 g/mol. The topological polar surface area (TPSA) is 34.1 Å². The van der Waals surface area contributed by atoms with E-state index in [1.54, 1.807) is 6.92 Å². The van der Waals surface area contributed by atoms with Gasteiger partial charge < -0.3 is 0 Å². The zero-order valence-corrected chi connectivity index (χ0v) is 10.8. The summed E-state index contributed by atoms with van der Waals surface area (Å²) >= 11 is 3.40. The average Bonchev–Trinajstić information content (AvgIpc) is 2.12. The molecule has 0 rings (SSSR count). The molecule has 0 saturated carbocycles. The molecule has 4 heteroatoms. The standard InChI is InChI=1S/C9H19BrO2S/c1-3-13(11,12)7-5-4-6-9(2)8-10/h9H,3-8H2,1-2H3. The molecule has 0 N–H and O–H groups in total. The lowest BCUT2D eigenvalue weighted by Gasteiger charge is -2.06. The Morgan fingerprint density at radius 2 is 1.92 bits per heavy atom. The summed E-state index contributed by atoms with van der Waals surface area (Å²) in [5, 5.41) is 1.01. The number of hydrogen-bond acceptors (Lipinski definition) is 2. The summed E-state index contributed by atoms with van der Waals surface area (Å²) in [4.78, 5) is 0. The Hall–Kier alpha value is 0.430. The van der Waals surface area contributed by atoms with Gasteiger partial charge in [-0.3, -0.25) is 0 Å². The van der Waals surface area contributed by atoms with Gasteiger partial charge in [-0.2, -0.15) is 0 Å². The van der Waals surface area contributed by atoms with Crippen LogP contribution in [0.1, 0.15) is 33.1 Å². The Bertz CT molecular complexity index is 212. The highest BCUT2D eigenvalue weighted by atomic mass is 79.9. The molecule has 0 spiro atoms. The van der Waals surface area contributed by atoms with Gasteiger partial charge in [0.1, 0.15) is 9.84 Å². The van der Waals surface area contributed by atoms with E-state index < -0.39 is 9.84 Å². The fraction of sp³-hybridized carbons (Fsp3) is 1.00. The molecule has 13 heavy (non-hydrogen) atoms. The van der Waals surface area contributed by atoms with Gasteiger partial charge in [-0.25, -0.2) is 8.42 Å². The van der Waals surface area contributed by atoms with Crippen LogP contribution < -0.4 is 0 Å². The SMILES string of the molecule is CCS(=O)(=O)CCCCC(C)CBr. The van der Waals surface area contributed by atoms with Crippen LogP contribution in [0.3, 0.4) is 0 Å². The van der Waals surface area contributed by atoms with E-state index in [1.807, 2.05) is 0 Å². The molecule has 0 amide bonds. The average molecular weight is 271 g/mol. The third-order valence-electron chi connectivity index (χ3n) is 2.11. The molecule has 0 aliphatic rings. The van der Waals surface area contributed by atoms with E-state index in [2.05, 4.69) is 22.9 Å². The predicted octanol–water partition coefficient (Wildman–Crippen LogP) is 2.62. The summed E-state index contributed by atoms with van der Waals surface area (Å²) in [7, 11) is -2.74. The molecule has 1 unspecified atom stereocenters. The summed E-state index contributed by atoms with van der Waals surface area (Å²) in [6, 6.07) is 0. The molecule has 2 nitrogen and oxygen atoms in total. The zero-order chi connectivity index (χ0) is 10.3. The first-order chi connectivity index (χ1) is 6.02. The van der Waals surface area contributed by atoms with Crippen molar-refractivity contribution in [3.63, 3.8) is 0 Å². The maximum Gasteiger partial charge on any atom is 0.150 e. The van der Waals surface area contributed by atoms with E-state index in [0.29, 0.717) is 11.7 Å². The van der Waals surface area contributed by atoms with Crippen LogP contribution in [0.4, 0.5) is 0 Å². The zero-order valence-electron chi connectivity index (χ0n) is 8.42. The van der Waals surface area contributed by atoms with Gasteiger partial charge in [0.2, 0.25) is 0 Å². The molecule has 0 aliphatic carbocycles. The van der Waals surface area contributed by atoms with Crippen molar-refractivity contribution in [2.24, 2.45) is 5.92 Å². The van der Waals surface area contributed by atoms with E-state index in [1.165, 1.54) is 0 Å². The van der Waals surface area contributed by atoms with Crippen LogP contribution >= 0.6 is 15.9 Å². The quantitative estimate of drug-likeness (QED) is 0.527. The van der Waals surface area contributed by atoms with Crippen molar-refractivity contribution in [1.82, 2.24) is 0 Å². The van der Waals surface area contributed by atoms with Crippen molar-refractivity contribution < 1.29 is 8.42 Å². The number of halogens is 1. The Balaban J connectivity index is 3.47. The van der Waals surface area contributed by atoms with Crippen molar-refractivity contribution in [2.75, 3.05) is 16.8 Å². The highest BCUT2D eigenvalue weighted by Crippen LogP contribution is 2.10. The number of rotatable bonds is 7. The van der Waals surface area contributed by atoms with Crippen LogP contribution in [-0.4, -0.2) is 25.3 Å². The first-order valence-electron chi connectivity index (χ1n) is 4.78. The second-order valence-electron chi connectivity index (χ2n) is 3.49. The number of sulfone groups is 1. The summed E-state index contributed by atoms with van der Waals surface area (Å²) in [5.41, 5.74) is 0. The molecule has 0 aromatic carbocycles. The van der Waals surface area contributed by atoms with Gasteiger partial charge in [0.15, 0.2) is 0 Å². The lowest BCUT2D eigenvalue weighted by molar-refractivity contribution is 0.552. The number of hydrogen-bond donors (Lipinski definition) is 0. The van der Waals surface area contributed by atoms with Gasteiger partial charge in [0, 0.05) is 11.1 Å². The first kappa shape index (κ1) is 13.4. The molecule has 0 heterocycles. The van der Waals surface area contributed by atoms with Crippen LogP contribution in [0.2, 0.25) is 0 Å². The second-order valence-corrected chi connectivity index (χ2v) is 6.61. The minimum Gasteiger partial charge on any atom is -0.229 e. The lowest BCUT2D eigenvalue weighted by Crippen LogP contribution is -2.09. The minimum absolute atomic E-state index is 0.279. The third-order valence-corrected chi connectivity index (χ3v) is 5.00. The van der Waals surface area contributed by atoms with Gasteiger partial charge in [0.05, 0.1) is 5.75 Å². The first-order valence-corrected chi connectivity index (χ1v) is 7.72. The second kappa shape index (κ2) is 6.82. The molecule has 0 radical (unpaired) electrons. The Morgan fingerprint density at radius 1 is 1.31 bits per heavy atom. The molecule has 0 saturated heterocycles. The fourth-order valence-corrected chi connectivity index (χ4v) is 2.29. The minimum atomic E-state index is -2.74. The van der Waals surface area contributed by atoms with E-state index >= 15 is 0 Å². The molecular formula is C9H19BrO2S. The van der Waals surface area contributed by atoms with Crippen LogP contribution in [-0.2, 0) is 9.84 Å². The summed E-state index contributed by atoms with van der Waals surface area (Å²) in [6.45, 7) is 3.87. The lowest BCUT2D eigenvalue weighted by atomic mass is 10.1. The molecule has 0 bridgehead atoms. The van der Waals surface area contributed by atoms with Crippen LogP contribution in [0, 0.1) is 5.92 Å². The molecule has 80 valence electrons. The van der Waals surface area contributed by atoms with Crippen molar-refractivity contribution in [1.29, 1.82) is 0 Å². The largest absolute Gasteiger partial charge is 0.229 e. The normalized spacial score (nSPS) is 14.4. The van der Waals surface area contributed by atoms with Gasteiger partial charge in [-0.1, -0.05) is 36.2 Å². The van der Waals surface area contributed by atoms with Crippen LogP contribution in [0.5, 0.6) is 0 Å². The summed E-state index contributed by atoms with van der Waals surface area (Å²) in [5.74, 6) is 1.30. The molecule has 0 fully saturated rings. The monoisotopic (exact) mass is 270 g/mol. The van der Waals surface area contributed by atoms with Crippen LogP contribution in [0.15, 0.2) is 0 Å². The third kappa shape index (κ3) is 7.50. The van der Waals surface area contributed by atoms with Crippen molar-refractivity contribution in [2.45, 2.75) is 33.1 Å².